The maximum absolute atomic E-state index is 13.2. The average molecular weight is 502 g/mol. The largest absolute Gasteiger partial charge is 0.465 e. The fourth-order valence-electron chi connectivity index (χ4n) is 5.32. The minimum absolute atomic E-state index is 0.107. The topological polar surface area (TPSA) is 99.2 Å². The van der Waals surface area contributed by atoms with E-state index in [1.807, 2.05) is 43.3 Å². The maximum atomic E-state index is 13.2. The molecule has 0 N–H and O–H groups in total. The van der Waals surface area contributed by atoms with Crippen LogP contribution in [0.2, 0.25) is 0 Å². The van der Waals surface area contributed by atoms with Crippen LogP contribution in [-0.4, -0.2) is 51.4 Å². The number of ether oxygens (including phenoxy) is 2. The molecule has 0 aromatic heterocycles. The first-order valence-electron chi connectivity index (χ1n) is 11.6. The molecule has 1 saturated carbocycles. The van der Waals surface area contributed by atoms with E-state index in [4.69, 9.17) is 13.7 Å². The van der Waals surface area contributed by atoms with Crippen LogP contribution in [0.1, 0.15) is 58.8 Å². The number of methoxy groups -OCH3 is 1. The van der Waals surface area contributed by atoms with Gasteiger partial charge in [-0.25, -0.2) is 9.59 Å². The summed E-state index contributed by atoms with van der Waals surface area (Å²) in [4.78, 5) is 26.9. The lowest BCUT2D eigenvalue weighted by molar-refractivity contribution is -0.0694. The molecule has 0 unspecified atom stereocenters. The standard InChI is InChI=1S/C26H31NO7S/c1-18-13-20(24(28)32-2)9-10-22(18)23-16-26(14-21(15-26)34-35(3,30)31)11-12-27(23)25(29)33-17-19-7-5-4-6-8-19/h4-10,13,21,23H,11-12,14-17H2,1-3H3/t21?,23-,26?/m0/s1. The van der Waals surface area contributed by atoms with Gasteiger partial charge in [-0.1, -0.05) is 36.4 Å². The molecule has 2 fully saturated rings. The molecule has 188 valence electrons. The van der Waals surface area contributed by atoms with Crippen LogP contribution in [0.3, 0.4) is 0 Å². The van der Waals surface area contributed by atoms with Crippen molar-refractivity contribution in [1.29, 1.82) is 0 Å². The Morgan fingerprint density at radius 2 is 1.80 bits per heavy atom. The quantitative estimate of drug-likeness (QED) is 0.428. The van der Waals surface area contributed by atoms with Crippen molar-refractivity contribution in [3.63, 3.8) is 0 Å². The molecule has 1 atom stereocenters. The number of amides is 1. The Labute approximate surface area is 206 Å². The number of nitrogens with zero attached hydrogens (tertiary/aromatic N) is 1. The number of rotatable bonds is 6. The molecule has 1 spiro atoms. The molecule has 35 heavy (non-hydrogen) atoms. The summed E-state index contributed by atoms with van der Waals surface area (Å²) in [5, 5.41) is 0. The van der Waals surface area contributed by atoms with E-state index in [0.717, 1.165) is 29.4 Å². The lowest BCUT2D eigenvalue weighted by atomic mass is 9.59. The van der Waals surface area contributed by atoms with E-state index >= 15 is 0 Å². The zero-order valence-corrected chi connectivity index (χ0v) is 21.0. The number of hydrogen-bond acceptors (Lipinski definition) is 7. The minimum Gasteiger partial charge on any atom is -0.465 e. The van der Waals surface area contributed by atoms with Crippen molar-refractivity contribution >= 4 is 22.2 Å². The number of carbonyl (C=O) groups excluding carboxylic acids is 2. The summed E-state index contributed by atoms with van der Waals surface area (Å²) in [6, 6.07) is 14.6. The average Bonchev–Trinajstić information content (AvgIpc) is 2.80. The Morgan fingerprint density at radius 3 is 2.43 bits per heavy atom. The second-order valence-corrected chi connectivity index (χ2v) is 11.2. The number of esters is 1. The summed E-state index contributed by atoms with van der Waals surface area (Å²) in [6.45, 7) is 2.58. The first-order chi connectivity index (χ1) is 16.6. The molecule has 1 heterocycles. The molecule has 1 aliphatic carbocycles. The predicted octanol–water partition coefficient (Wildman–Crippen LogP) is 4.38. The molecule has 1 aliphatic heterocycles. The van der Waals surface area contributed by atoms with Gasteiger partial charge in [-0.3, -0.25) is 4.18 Å². The van der Waals surface area contributed by atoms with Crippen molar-refractivity contribution in [2.45, 2.75) is 51.4 Å². The van der Waals surface area contributed by atoms with Crippen LogP contribution >= 0.6 is 0 Å². The summed E-state index contributed by atoms with van der Waals surface area (Å²) in [5.41, 5.74) is 3.05. The minimum atomic E-state index is -3.51. The predicted molar refractivity (Wildman–Crippen MR) is 129 cm³/mol. The van der Waals surface area contributed by atoms with E-state index in [1.165, 1.54) is 7.11 Å². The van der Waals surface area contributed by atoms with Crippen molar-refractivity contribution in [2.24, 2.45) is 5.41 Å². The molecule has 1 amide bonds. The number of hydrogen-bond donors (Lipinski definition) is 0. The normalized spacial score (nSPS) is 24.0. The van der Waals surface area contributed by atoms with E-state index < -0.39 is 22.2 Å². The van der Waals surface area contributed by atoms with E-state index in [0.29, 0.717) is 31.4 Å². The maximum Gasteiger partial charge on any atom is 0.410 e. The second kappa shape index (κ2) is 9.99. The zero-order valence-electron chi connectivity index (χ0n) is 20.2. The fraction of sp³-hybridized carbons (Fsp3) is 0.462. The third kappa shape index (κ3) is 5.85. The lowest BCUT2D eigenvalue weighted by Gasteiger charge is -2.54. The molecule has 9 heteroatoms. The van der Waals surface area contributed by atoms with Crippen LogP contribution in [0, 0.1) is 12.3 Å². The van der Waals surface area contributed by atoms with Crippen LogP contribution < -0.4 is 0 Å². The van der Waals surface area contributed by atoms with Crippen molar-refractivity contribution in [3.8, 4) is 0 Å². The second-order valence-electron chi connectivity index (χ2n) is 9.60. The highest BCUT2D eigenvalue weighted by molar-refractivity contribution is 7.86. The Balaban J connectivity index is 1.55. The van der Waals surface area contributed by atoms with Crippen LogP contribution in [0.25, 0.3) is 0 Å². The van der Waals surface area contributed by atoms with Gasteiger partial charge in [-0.15, -0.1) is 0 Å². The van der Waals surface area contributed by atoms with Crippen molar-refractivity contribution in [1.82, 2.24) is 4.90 Å². The summed E-state index contributed by atoms with van der Waals surface area (Å²) >= 11 is 0. The molecule has 1 saturated heterocycles. The van der Waals surface area contributed by atoms with Crippen molar-refractivity contribution in [2.75, 3.05) is 19.9 Å². The number of carbonyl (C=O) groups is 2. The van der Waals surface area contributed by atoms with Gasteiger partial charge in [-0.05, 0) is 66.8 Å². The van der Waals surface area contributed by atoms with Gasteiger partial charge in [-0.2, -0.15) is 8.42 Å². The molecule has 2 aliphatic rings. The summed E-state index contributed by atoms with van der Waals surface area (Å²) in [7, 11) is -2.17. The first-order valence-corrected chi connectivity index (χ1v) is 13.5. The van der Waals surface area contributed by atoms with Gasteiger partial charge in [0.2, 0.25) is 0 Å². The monoisotopic (exact) mass is 501 g/mol. The number of likely N-dealkylation sites (tertiary alicyclic amines) is 1. The van der Waals surface area contributed by atoms with E-state index in [9.17, 15) is 18.0 Å². The number of piperidine rings is 1. The van der Waals surface area contributed by atoms with E-state index in [2.05, 4.69) is 0 Å². The highest BCUT2D eigenvalue weighted by atomic mass is 32.2. The zero-order chi connectivity index (χ0) is 25.2. The molecule has 4 rings (SSSR count). The van der Waals surface area contributed by atoms with Crippen LogP contribution in [0.4, 0.5) is 4.79 Å². The SMILES string of the molecule is COC(=O)c1ccc([C@@H]2CC3(CCN2C(=O)OCc2ccccc2)CC(OS(C)(=O)=O)C3)c(C)c1. The summed E-state index contributed by atoms with van der Waals surface area (Å²) < 4.78 is 38.8. The first kappa shape index (κ1) is 25.2. The van der Waals surface area contributed by atoms with Gasteiger partial charge in [0, 0.05) is 6.54 Å². The highest BCUT2D eigenvalue weighted by Crippen LogP contribution is 2.55. The number of benzene rings is 2. The van der Waals surface area contributed by atoms with Gasteiger partial charge >= 0.3 is 12.1 Å². The van der Waals surface area contributed by atoms with Crippen molar-refractivity contribution in [3.05, 3.63) is 70.8 Å². The third-order valence-corrected chi connectivity index (χ3v) is 7.63. The van der Waals surface area contributed by atoms with Crippen LogP contribution in [0.15, 0.2) is 48.5 Å². The van der Waals surface area contributed by atoms with E-state index in [-0.39, 0.29) is 24.2 Å². The molecule has 0 bridgehead atoms. The van der Waals surface area contributed by atoms with Gasteiger partial charge in [0.25, 0.3) is 10.1 Å². The van der Waals surface area contributed by atoms with Crippen LogP contribution in [-0.2, 0) is 30.4 Å². The third-order valence-electron chi connectivity index (χ3n) is 7.01. The Hall–Kier alpha value is -2.91. The molecule has 8 nitrogen and oxygen atoms in total. The Kier molecular flexibility index (Phi) is 7.19. The summed E-state index contributed by atoms with van der Waals surface area (Å²) in [6.07, 6.45) is 3.00. The number of aryl methyl sites for hydroxylation is 1. The smallest absolute Gasteiger partial charge is 0.410 e. The van der Waals surface area contributed by atoms with Gasteiger partial charge in [0.05, 0.1) is 31.1 Å². The Morgan fingerprint density at radius 1 is 1.09 bits per heavy atom. The molecule has 0 radical (unpaired) electrons. The molecule has 2 aromatic carbocycles. The fourth-order valence-corrected chi connectivity index (χ4v) is 5.95. The van der Waals surface area contributed by atoms with Gasteiger partial charge < -0.3 is 14.4 Å². The van der Waals surface area contributed by atoms with Gasteiger partial charge in [0.1, 0.15) is 6.61 Å². The van der Waals surface area contributed by atoms with Crippen LogP contribution in [0.5, 0.6) is 0 Å². The Bertz CT molecular complexity index is 1190. The van der Waals surface area contributed by atoms with E-state index in [1.54, 1.807) is 17.0 Å². The summed E-state index contributed by atoms with van der Waals surface area (Å²) in [5.74, 6) is -0.418. The van der Waals surface area contributed by atoms with Crippen molar-refractivity contribution < 1.29 is 31.7 Å². The molecule has 2 aromatic rings. The van der Waals surface area contributed by atoms with Gasteiger partial charge in [0.15, 0.2) is 0 Å². The highest BCUT2D eigenvalue weighted by Gasteiger charge is 2.51. The molecular weight excluding hydrogens is 470 g/mol. The molecular formula is C26H31NO7S. The lowest BCUT2D eigenvalue weighted by Crippen LogP contribution is -2.52.